The lowest BCUT2D eigenvalue weighted by Crippen LogP contribution is -2.35. The maximum Gasteiger partial charge on any atom is 0.332 e. The molecule has 0 aliphatic carbocycles. The van der Waals surface area contributed by atoms with Crippen LogP contribution < -0.4 is 0 Å². The fourth-order valence-electron chi connectivity index (χ4n) is 1.86. The fourth-order valence-corrected chi connectivity index (χ4v) is 1.86. The number of esters is 2. The highest BCUT2D eigenvalue weighted by molar-refractivity contribution is 5.91. The minimum absolute atomic E-state index is 0.284. The molecule has 0 fully saturated rings. The van der Waals surface area contributed by atoms with Crippen LogP contribution >= 0.6 is 0 Å². The van der Waals surface area contributed by atoms with E-state index in [1.165, 1.54) is 0 Å². The molecule has 0 saturated heterocycles. The van der Waals surface area contributed by atoms with Crippen molar-refractivity contribution in [2.45, 2.75) is 53.0 Å². The molecule has 0 aliphatic rings. The van der Waals surface area contributed by atoms with Crippen LogP contribution in [0.4, 0.5) is 0 Å². The average Bonchev–Trinajstić information content (AvgIpc) is 2.53. The predicted molar refractivity (Wildman–Crippen MR) is 86.1 cm³/mol. The van der Waals surface area contributed by atoms with Crippen LogP contribution in [0.25, 0.3) is 0 Å². The minimum Gasteiger partial charge on any atom is -0.443 e. The Morgan fingerprint density at radius 1 is 0.818 bits per heavy atom. The zero-order chi connectivity index (χ0) is 17.1. The molecule has 0 spiro atoms. The molecule has 0 aromatic heterocycles. The van der Waals surface area contributed by atoms with Crippen molar-refractivity contribution in [2.75, 3.05) is 27.2 Å². The number of carbonyl (C=O) groups excluding carboxylic acids is 2. The lowest BCUT2D eigenvalue weighted by Gasteiger charge is -2.25. The highest BCUT2D eigenvalue weighted by Gasteiger charge is 2.16. The molecule has 6 nitrogen and oxygen atoms in total. The first-order valence-electron chi connectivity index (χ1n) is 7.89. The first kappa shape index (κ1) is 20.6. The first-order chi connectivity index (χ1) is 10.4. The second-order valence-electron chi connectivity index (χ2n) is 5.08. The summed E-state index contributed by atoms with van der Waals surface area (Å²) in [5.41, 5.74) is 0. The molecule has 0 aromatic rings. The number of carbonyl (C=O) groups is 2. The van der Waals surface area contributed by atoms with Crippen LogP contribution in [0, 0.1) is 0 Å². The standard InChI is InChI=1S/C16H30N2O4/c1-7-13(17(5)9-3)21-15(19)11-12-16(20)22-14(8-2)18(6)10-4/h11-14H,7-10H2,1-6H3/b12-11-. The van der Waals surface area contributed by atoms with Gasteiger partial charge in [-0.15, -0.1) is 0 Å². The normalized spacial score (nSPS) is 14.4. The Kier molecular flexibility index (Phi) is 10.5. The third-order valence-electron chi connectivity index (χ3n) is 3.54. The Labute approximate surface area is 134 Å². The van der Waals surface area contributed by atoms with Crippen molar-refractivity contribution in [2.24, 2.45) is 0 Å². The van der Waals surface area contributed by atoms with Crippen molar-refractivity contribution in [3.05, 3.63) is 12.2 Å². The number of ether oxygens (including phenoxy) is 2. The van der Waals surface area contributed by atoms with E-state index >= 15 is 0 Å². The van der Waals surface area contributed by atoms with Crippen LogP contribution in [-0.2, 0) is 19.1 Å². The second-order valence-corrected chi connectivity index (χ2v) is 5.08. The molecular weight excluding hydrogens is 284 g/mol. The summed E-state index contributed by atoms with van der Waals surface area (Å²) in [5.74, 6) is -1.08. The molecule has 22 heavy (non-hydrogen) atoms. The summed E-state index contributed by atoms with van der Waals surface area (Å²) in [4.78, 5) is 27.3. The van der Waals surface area contributed by atoms with Crippen LogP contribution in [0.1, 0.15) is 40.5 Å². The van der Waals surface area contributed by atoms with E-state index in [9.17, 15) is 9.59 Å². The van der Waals surface area contributed by atoms with Crippen LogP contribution in [0.5, 0.6) is 0 Å². The van der Waals surface area contributed by atoms with Gasteiger partial charge in [-0.3, -0.25) is 9.80 Å². The largest absolute Gasteiger partial charge is 0.443 e. The van der Waals surface area contributed by atoms with Crippen molar-refractivity contribution >= 4 is 11.9 Å². The molecule has 0 radical (unpaired) electrons. The van der Waals surface area contributed by atoms with Crippen molar-refractivity contribution in [3.8, 4) is 0 Å². The van der Waals surface area contributed by atoms with Gasteiger partial charge >= 0.3 is 11.9 Å². The fraction of sp³-hybridized carbons (Fsp3) is 0.750. The summed E-state index contributed by atoms with van der Waals surface area (Å²) >= 11 is 0. The summed E-state index contributed by atoms with van der Waals surface area (Å²) in [6.07, 6.45) is 3.04. The Bertz CT molecular complexity index is 337. The van der Waals surface area contributed by atoms with E-state index in [2.05, 4.69) is 0 Å². The first-order valence-corrected chi connectivity index (χ1v) is 7.89. The second kappa shape index (κ2) is 11.2. The van der Waals surface area contributed by atoms with E-state index in [0.29, 0.717) is 12.8 Å². The van der Waals surface area contributed by atoms with Crippen LogP contribution in [0.15, 0.2) is 12.2 Å². The monoisotopic (exact) mass is 314 g/mol. The molecule has 128 valence electrons. The highest BCUT2D eigenvalue weighted by Crippen LogP contribution is 2.06. The molecule has 0 aromatic carbocycles. The molecule has 0 aliphatic heterocycles. The van der Waals surface area contributed by atoms with Gasteiger partial charge in [0.05, 0.1) is 0 Å². The molecule has 0 saturated carbocycles. The van der Waals surface area contributed by atoms with Crippen molar-refractivity contribution in [3.63, 3.8) is 0 Å². The lowest BCUT2D eigenvalue weighted by atomic mass is 10.3. The molecule has 6 heteroatoms. The Morgan fingerprint density at radius 2 is 1.14 bits per heavy atom. The summed E-state index contributed by atoms with van der Waals surface area (Å²) in [6, 6.07) is 0. The average molecular weight is 314 g/mol. The molecule has 0 amide bonds. The van der Waals surface area contributed by atoms with Gasteiger partial charge in [-0.25, -0.2) is 9.59 Å². The number of nitrogens with zero attached hydrogens (tertiary/aromatic N) is 2. The smallest absolute Gasteiger partial charge is 0.332 e. The molecule has 2 atom stereocenters. The molecular formula is C16H30N2O4. The number of hydrogen-bond donors (Lipinski definition) is 0. The maximum atomic E-state index is 11.7. The highest BCUT2D eigenvalue weighted by atomic mass is 16.6. The van der Waals surface area contributed by atoms with E-state index in [-0.39, 0.29) is 12.5 Å². The van der Waals surface area contributed by atoms with Gasteiger partial charge in [-0.1, -0.05) is 27.7 Å². The van der Waals surface area contributed by atoms with Gasteiger partial charge in [-0.2, -0.15) is 0 Å². The van der Waals surface area contributed by atoms with E-state index in [1.807, 2.05) is 51.6 Å². The minimum atomic E-state index is -0.541. The van der Waals surface area contributed by atoms with Gasteiger partial charge in [0.1, 0.15) is 0 Å². The predicted octanol–water partition coefficient (Wildman–Crippen LogP) is 2.00. The van der Waals surface area contributed by atoms with Gasteiger partial charge in [0.25, 0.3) is 0 Å². The summed E-state index contributed by atoms with van der Waals surface area (Å²) in [5, 5.41) is 0. The SMILES string of the molecule is CCC(OC(=O)/C=C\C(=O)OC(CC)N(C)CC)N(C)CC. The van der Waals surface area contributed by atoms with Crippen molar-refractivity contribution in [1.29, 1.82) is 0 Å². The van der Waals surface area contributed by atoms with Crippen LogP contribution in [-0.4, -0.2) is 61.4 Å². The molecule has 2 unspecified atom stereocenters. The lowest BCUT2D eigenvalue weighted by molar-refractivity contribution is -0.154. The topological polar surface area (TPSA) is 59.1 Å². The Balaban J connectivity index is 4.44. The molecule has 0 rings (SSSR count). The molecule has 0 N–H and O–H groups in total. The van der Waals surface area contributed by atoms with E-state index in [0.717, 1.165) is 25.2 Å². The van der Waals surface area contributed by atoms with E-state index in [4.69, 9.17) is 9.47 Å². The summed E-state index contributed by atoms with van der Waals surface area (Å²) < 4.78 is 10.6. The summed E-state index contributed by atoms with van der Waals surface area (Å²) in [7, 11) is 3.76. The van der Waals surface area contributed by atoms with Gasteiger partial charge in [-0.05, 0) is 40.0 Å². The van der Waals surface area contributed by atoms with Crippen molar-refractivity contribution < 1.29 is 19.1 Å². The molecule has 0 bridgehead atoms. The van der Waals surface area contributed by atoms with Crippen LogP contribution in [0.3, 0.4) is 0 Å². The Hall–Kier alpha value is -1.40. The zero-order valence-electron chi connectivity index (χ0n) is 14.7. The molecule has 0 heterocycles. The van der Waals surface area contributed by atoms with Gasteiger partial charge in [0.2, 0.25) is 0 Å². The van der Waals surface area contributed by atoms with Crippen molar-refractivity contribution in [1.82, 2.24) is 9.80 Å². The third kappa shape index (κ3) is 7.56. The van der Waals surface area contributed by atoms with Gasteiger partial charge in [0, 0.05) is 12.2 Å². The number of hydrogen-bond acceptors (Lipinski definition) is 6. The quantitative estimate of drug-likeness (QED) is 0.349. The van der Waals surface area contributed by atoms with Gasteiger partial charge < -0.3 is 9.47 Å². The maximum absolute atomic E-state index is 11.7. The third-order valence-corrected chi connectivity index (χ3v) is 3.54. The van der Waals surface area contributed by atoms with E-state index in [1.54, 1.807) is 0 Å². The van der Waals surface area contributed by atoms with E-state index < -0.39 is 11.9 Å². The zero-order valence-corrected chi connectivity index (χ0v) is 14.7. The van der Waals surface area contributed by atoms with Gasteiger partial charge in [0.15, 0.2) is 12.5 Å². The van der Waals surface area contributed by atoms with Crippen LogP contribution in [0.2, 0.25) is 0 Å². The summed E-state index contributed by atoms with van der Waals surface area (Å²) in [6.45, 7) is 9.40. The Morgan fingerprint density at radius 3 is 1.36 bits per heavy atom. The number of rotatable bonds is 10.